The first kappa shape index (κ1) is 16.5. The maximum absolute atomic E-state index is 11.9. The van der Waals surface area contributed by atoms with Crippen molar-refractivity contribution in [3.63, 3.8) is 0 Å². The normalized spacial score (nSPS) is 11.4. The molecule has 0 aliphatic carbocycles. The molecule has 0 spiro atoms. The van der Waals surface area contributed by atoms with Gasteiger partial charge in [0, 0.05) is 12.6 Å². The molecule has 0 heterocycles. The minimum atomic E-state index is -0.188. The van der Waals surface area contributed by atoms with E-state index >= 15 is 0 Å². The number of ether oxygens (including phenoxy) is 1. The van der Waals surface area contributed by atoms with E-state index in [0.717, 1.165) is 5.56 Å². The number of hydrogen-bond donors (Lipinski definition) is 2. The predicted octanol–water partition coefficient (Wildman–Crippen LogP) is 2.90. The van der Waals surface area contributed by atoms with Gasteiger partial charge in [0.25, 0.3) is 5.91 Å². The smallest absolute Gasteiger partial charge is 0.258 e. The number of carbonyl (C=O) groups is 2. The van der Waals surface area contributed by atoms with Crippen LogP contribution in [0.25, 0.3) is 0 Å². The molecule has 0 bridgehead atoms. The second-order valence-corrected chi connectivity index (χ2v) is 5.19. The van der Waals surface area contributed by atoms with Gasteiger partial charge in [0.1, 0.15) is 5.75 Å². The number of nitrogens with one attached hydrogen (secondary N) is 2. The number of hydrogen-bond acceptors (Lipinski definition) is 3. The molecule has 2 aromatic rings. The van der Waals surface area contributed by atoms with E-state index in [2.05, 4.69) is 10.6 Å². The second kappa shape index (κ2) is 7.98. The summed E-state index contributed by atoms with van der Waals surface area (Å²) in [5, 5.41) is 5.55. The van der Waals surface area contributed by atoms with Crippen LogP contribution in [0, 0.1) is 0 Å². The van der Waals surface area contributed by atoms with E-state index in [4.69, 9.17) is 4.74 Å². The van der Waals surface area contributed by atoms with Gasteiger partial charge in [0.2, 0.25) is 5.91 Å². The average molecular weight is 312 g/mol. The zero-order chi connectivity index (χ0) is 16.7. The Morgan fingerprint density at radius 3 is 2.30 bits per heavy atom. The van der Waals surface area contributed by atoms with E-state index < -0.39 is 0 Å². The van der Waals surface area contributed by atoms with Crippen molar-refractivity contribution in [3.8, 4) is 5.75 Å². The van der Waals surface area contributed by atoms with Crippen LogP contribution in [0.15, 0.2) is 54.6 Å². The van der Waals surface area contributed by atoms with Gasteiger partial charge in [-0.15, -0.1) is 0 Å². The molecule has 2 aromatic carbocycles. The van der Waals surface area contributed by atoms with Crippen LogP contribution in [0.2, 0.25) is 0 Å². The topological polar surface area (TPSA) is 67.4 Å². The van der Waals surface area contributed by atoms with Crippen molar-refractivity contribution in [2.75, 3.05) is 11.9 Å². The van der Waals surface area contributed by atoms with E-state index in [-0.39, 0.29) is 24.5 Å². The predicted molar refractivity (Wildman–Crippen MR) is 89.2 cm³/mol. The summed E-state index contributed by atoms with van der Waals surface area (Å²) in [4.78, 5) is 22.9. The van der Waals surface area contributed by atoms with E-state index in [9.17, 15) is 9.59 Å². The van der Waals surface area contributed by atoms with Gasteiger partial charge in [0.05, 0.1) is 6.04 Å². The fraction of sp³-hybridized carbons (Fsp3) is 0.222. The lowest BCUT2D eigenvalue weighted by molar-refractivity contribution is -0.123. The fourth-order valence-corrected chi connectivity index (χ4v) is 2.09. The molecule has 0 aliphatic rings. The monoisotopic (exact) mass is 312 g/mol. The molecule has 0 aromatic heterocycles. The summed E-state index contributed by atoms with van der Waals surface area (Å²) in [6.45, 7) is 3.31. The van der Waals surface area contributed by atoms with Gasteiger partial charge >= 0.3 is 0 Å². The van der Waals surface area contributed by atoms with Crippen LogP contribution >= 0.6 is 0 Å². The van der Waals surface area contributed by atoms with Crippen LogP contribution in [-0.2, 0) is 9.59 Å². The summed E-state index contributed by atoms with van der Waals surface area (Å²) >= 11 is 0. The number of amides is 2. The van der Waals surface area contributed by atoms with E-state index in [1.807, 2.05) is 37.3 Å². The van der Waals surface area contributed by atoms with Crippen molar-refractivity contribution in [2.24, 2.45) is 0 Å². The fourth-order valence-electron chi connectivity index (χ4n) is 2.09. The van der Waals surface area contributed by atoms with Gasteiger partial charge in [-0.2, -0.15) is 0 Å². The van der Waals surface area contributed by atoms with Gasteiger partial charge in [0.15, 0.2) is 6.61 Å². The standard InChI is InChI=1S/C18H20N2O3/c1-13(15-6-4-3-5-7-15)19-18(22)12-23-17-10-8-16(9-11-17)20-14(2)21/h3-11,13H,12H2,1-2H3,(H,19,22)(H,20,21). The minimum Gasteiger partial charge on any atom is -0.484 e. The molecule has 0 saturated heterocycles. The third-order valence-electron chi connectivity index (χ3n) is 3.22. The molecular weight excluding hydrogens is 292 g/mol. The highest BCUT2D eigenvalue weighted by Gasteiger charge is 2.09. The number of rotatable bonds is 6. The first-order chi connectivity index (χ1) is 11.0. The van der Waals surface area contributed by atoms with E-state index in [1.54, 1.807) is 24.3 Å². The Morgan fingerprint density at radius 2 is 1.70 bits per heavy atom. The molecule has 1 atom stereocenters. The Labute approximate surface area is 135 Å². The molecule has 5 heteroatoms. The average Bonchev–Trinajstić information content (AvgIpc) is 2.54. The molecule has 2 N–H and O–H groups in total. The first-order valence-corrected chi connectivity index (χ1v) is 7.39. The summed E-state index contributed by atoms with van der Waals surface area (Å²) < 4.78 is 5.44. The SMILES string of the molecule is CC(=O)Nc1ccc(OCC(=O)NC(C)c2ccccc2)cc1. The van der Waals surface area contributed by atoms with Crippen LogP contribution < -0.4 is 15.4 Å². The molecule has 5 nitrogen and oxygen atoms in total. The molecule has 120 valence electrons. The molecular formula is C18H20N2O3. The first-order valence-electron chi connectivity index (χ1n) is 7.39. The summed E-state index contributed by atoms with van der Waals surface area (Å²) in [6, 6.07) is 16.5. The molecule has 0 radical (unpaired) electrons. The van der Waals surface area contributed by atoms with Gasteiger partial charge in [-0.05, 0) is 36.8 Å². The summed E-state index contributed by atoms with van der Waals surface area (Å²) in [5.74, 6) is 0.252. The van der Waals surface area contributed by atoms with Crippen molar-refractivity contribution in [1.29, 1.82) is 0 Å². The van der Waals surface area contributed by atoms with Gasteiger partial charge < -0.3 is 15.4 Å². The van der Waals surface area contributed by atoms with Crippen molar-refractivity contribution in [3.05, 3.63) is 60.2 Å². The van der Waals surface area contributed by atoms with E-state index in [1.165, 1.54) is 6.92 Å². The van der Waals surface area contributed by atoms with Crippen molar-refractivity contribution in [2.45, 2.75) is 19.9 Å². The molecule has 2 amide bonds. The van der Waals surface area contributed by atoms with Gasteiger partial charge in [-0.1, -0.05) is 30.3 Å². The molecule has 0 saturated carbocycles. The molecule has 0 aliphatic heterocycles. The third kappa shape index (κ3) is 5.47. The van der Waals surface area contributed by atoms with Crippen molar-refractivity contribution in [1.82, 2.24) is 5.32 Å². The Balaban J connectivity index is 1.81. The minimum absolute atomic E-state index is 0.0589. The highest BCUT2D eigenvalue weighted by molar-refractivity contribution is 5.88. The largest absolute Gasteiger partial charge is 0.484 e. The number of benzene rings is 2. The maximum Gasteiger partial charge on any atom is 0.258 e. The lowest BCUT2D eigenvalue weighted by Crippen LogP contribution is -2.31. The van der Waals surface area contributed by atoms with Crippen molar-refractivity contribution < 1.29 is 14.3 Å². The highest BCUT2D eigenvalue weighted by Crippen LogP contribution is 2.16. The Bertz CT molecular complexity index is 654. The summed E-state index contributed by atoms with van der Waals surface area (Å²) in [7, 11) is 0. The van der Waals surface area contributed by atoms with Crippen LogP contribution in [-0.4, -0.2) is 18.4 Å². The zero-order valence-corrected chi connectivity index (χ0v) is 13.2. The van der Waals surface area contributed by atoms with Crippen LogP contribution in [0.1, 0.15) is 25.5 Å². The third-order valence-corrected chi connectivity index (χ3v) is 3.22. The number of carbonyl (C=O) groups excluding carboxylic acids is 2. The summed E-state index contributed by atoms with van der Waals surface area (Å²) in [5.41, 5.74) is 1.73. The molecule has 23 heavy (non-hydrogen) atoms. The number of anilines is 1. The Kier molecular flexibility index (Phi) is 5.74. The quantitative estimate of drug-likeness (QED) is 0.862. The molecule has 1 unspecified atom stereocenters. The van der Waals surface area contributed by atoms with Gasteiger partial charge in [-0.25, -0.2) is 0 Å². The Morgan fingerprint density at radius 1 is 1.04 bits per heavy atom. The molecule has 0 fully saturated rings. The Hall–Kier alpha value is -2.82. The highest BCUT2D eigenvalue weighted by atomic mass is 16.5. The van der Waals surface area contributed by atoms with Crippen LogP contribution in [0.3, 0.4) is 0 Å². The zero-order valence-electron chi connectivity index (χ0n) is 13.2. The lowest BCUT2D eigenvalue weighted by atomic mass is 10.1. The molecule has 2 rings (SSSR count). The lowest BCUT2D eigenvalue weighted by Gasteiger charge is -2.14. The second-order valence-electron chi connectivity index (χ2n) is 5.19. The van der Waals surface area contributed by atoms with Gasteiger partial charge in [-0.3, -0.25) is 9.59 Å². The van der Waals surface area contributed by atoms with Crippen LogP contribution in [0.4, 0.5) is 5.69 Å². The van der Waals surface area contributed by atoms with Crippen molar-refractivity contribution >= 4 is 17.5 Å². The summed E-state index contributed by atoms with van der Waals surface area (Å²) in [6.07, 6.45) is 0. The van der Waals surface area contributed by atoms with Crippen LogP contribution in [0.5, 0.6) is 5.75 Å². The van der Waals surface area contributed by atoms with E-state index in [0.29, 0.717) is 11.4 Å². The maximum atomic E-state index is 11.9.